The molecule has 0 heterocycles. The number of aldehydes is 1. The Hall–Kier alpha value is -0.870. The molecular weight excluding hydrogens is 282 g/mol. The first-order chi connectivity index (χ1) is 8.04. The van der Waals surface area contributed by atoms with Gasteiger partial charge in [-0.15, -0.1) is 0 Å². The van der Waals surface area contributed by atoms with E-state index >= 15 is 0 Å². The summed E-state index contributed by atoms with van der Waals surface area (Å²) < 4.78 is 6.58. The highest BCUT2D eigenvalue weighted by atomic mass is 79.9. The van der Waals surface area contributed by atoms with E-state index in [0.29, 0.717) is 13.1 Å². The Morgan fingerprint density at radius 3 is 2.41 bits per heavy atom. The zero-order valence-electron chi connectivity index (χ0n) is 10.7. The maximum atomic E-state index is 10.3. The first-order valence-corrected chi connectivity index (χ1v) is 6.30. The van der Waals surface area contributed by atoms with E-state index in [9.17, 15) is 4.79 Å². The number of ether oxygens (including phenoxy) is 1. The molecule has 0 atom stereocenters. The summed E-state index contributed by atoms with van der Waals surface area (Å²) in [4.78, 5) is 10.3. The smallest absolute Gasteiger partial charge is 0.133 e. The largest absolute Gasteiger partial charge is 0.496 e. The Balaban J connectivity index is 3.21. The fourth-order valence-electron chi connectivity index (χ4n) is 1.89. The van der Waals surface area contributed by atoms with Crippen molar-refractivity contribution in [3.05, 3.63) is 26.7 Å². The summed E-state index contributed by atoms with van der Waals surface area (Å²) in [6.45, 7) is 7.15. The quantitative estimate of drug-likeness (QED) is 0.671. The van der Waals surface area contributed by atoms with Gasteiger partial charge in [0, 0.05) is 16.6 Å². The van der Waals surface area contributed by atoms with Crippen molar-refractivity contribution in [1.82, 2.24) is 5.32 Å². The molecule has 0 fully saturated rings. The van der Waals surface area contributed by atoms with E-state index in [1.54, 1.807) is 7.11 Å². The summed E-state index contributed by atoms with van der Waals surface area (Å²) in [5, 5.41) is 3.07. The number of nitrogens with one attached hydrogen (secondary N) is 1. The molecule has 0 unspecified atom stereocenters. The van der Waals surface area contributed by atoms with Crippen molar-refractivity contribution in [3.8, 4) is 5.75 Å². The third-order valence-corrected chi connectivity index (χ3v) is 4.21. The van der Waals surface area contributed by atoms with Gasteiger partial charge in [0.15, 0.2) is 0 Å². The molecule has 1 aromatic carbocycles. The Morgan fingerprint density at radius 1 is 1.24 bits per heavy atom. The molecule has 0 aliphatic rings. The molecule has 3 nitrogen and oxygen atoms in total. The minimum atomic E-state index is 0.354. The lowest BCUT2D eigenvalue weighted by molar-refractivity contribution is -0.107. The minimum Gasteiger partial charge on any atom is -0.496 e. The van der Waals surface area contributed by atoms with Gasteiger partial charge in [-0.25, -0.2) is 0 Å². The van der Waals surface area contributed by atoms with Crippen LogP contribution >= 0.6 is 15.9 Å². The second-order valence-electron chi connectivity index (χ2n) is 4.00. The fraction of sp³-hybridized carbons (Fsp3) is 0.462. The van der Waals surface area contributed by atoms with E-state index in [0.717, 1.165) is 33.2 Å². The number of hydrogen-bond acceptors (Lipinski definition) is 3. The number of carbonyl (C=O) groups excluding carboxylic acids is 1. The van der Waals surface area contributed by atoms with Crippen molar-refractivity contribution in [3.63, 3.8) is 0 Å². The van der Waals surface area contributed by atoms with Gasteiger partial charge in [-0.1, -0.05) is 15.9 Å². The molecular formula is C13H18BrNO2. The summed E-state index contributed by atoms with van der Waals surface area (Å²) in [6, 6.07) is 0. The molecule has 0 amide bonds. The number of rotatable bonds is 5. The van der Waals surface area contributed by atoms with Gasteiger partial charge in [0.25, 0.3) is 0 Å². The second kappa shape index (κ2) is 6.17. The van der Waals surface area contributed by atoms with Gasteiger partial charge < -0.3 is 14.8 Å². The van der Waals surface area contributed by atoms with Gasteiger partial charge in [-0.2, -0.15) is 0 Å². The summed E-state index contributed by atoms with van der Waals surface area (Å²) in [5.74, 6) is 0.904. The molecule has 1 aromatic rings. The third-order valence-electron chi connectivity index (χ3n) is 3.02. The fourth-order valence-corrected chi connectivity index (χ4v) is 2.43. The summed E-state index contributed by atoms with van der Waals surface area (Å²) >= 11 is 3.60. The molecule has 0 aliphatic carbocycles. The van der Waals surface area contributed by atoms with Crippen molar-refractivity contribution in [2.45, 2.75) is 27.3 Å². The van der Waals surface area contributed by atoms with Gasteiger partial charge in [0.1, 0.15) is 12.0 Å². The van der Waals surface area contributed by atoms with Crippen LogP contribution in [0.4, 0.5) is 0 Å². The van der Waals surface area contributed by atoms with Crippen molar-refractivity contribution >= 4 is 22.2 Å². The van der Waals surface area contributed by atoms with E-state index in [-0.39, 0.29) is 0 Å². The van der Waals surface area contributed by atoms with Gasteiger partial charge in [-0.3, -0.25) is 0 Å². The minimum absolute atomic E-state index is 0.354. The predicted molar refractivity (Wildman–Crippen MR) is 72.7 cm³/mol. The number of hydrogen-bond donors (Lipinski definition) is 1. The molecule has 0 saturated heterocycles. The zero-order chi connectivity index (χ0) is 13.0. The SMILES string of the molecule is COc1c(C)c(C)c(Br)c(C)c1CNCC=O. The van der Waals surface area contributed by atoms with E-state index in [1.165, 1.54) is 5.56 Å². The Morgan fingerprint density at radius 2 is 1.88 bits per heavy atom. The van der Waals surface area contributed by atoms with Crippen LogP contribution in [0.1, 0.15) is 22.3 Å². The Bertz CT molecular complexity index is 430. The van der Waals surface area contributed by atoms with E-state index in [4.69, 9.17) is 4.74 Å². The highest BCUT2D eigenvalue weighted by Gasteiger charge is 2.15. The summed E-state index contributed by atoms with van der Waals surface area (Å²) in [6.07, 6.45) is 0.859. The van der Waals surface area contributed by atoms with Crippen molar-refractivity contribution in [2.75, 3.05) is 13.7 Å². The number of halogens is 1. The summed E-state index contributed by atoms with van der Waals surface area (Å²) in [7, 11) is 1.68. The molecule has 0 spiro atoms. The lowest BCUT2D eigenvalue weighted by Gasteiger charge is -2.18. The molecule has 0 bridgehead atoms. The van der Waals surface area contributed by atoms with Gasteiger partial charge in [0.2, 0.25) is 0 Å². The molecule has 94 valence electrons. The van der Waals surface area contributed by atoms with Crippen LogP contribution in [-0.2, 0) is 11.3 Å². The van der Waals surface area contributed by atoms with Crippen LogP contribution in [0.3, 0.4) is 0 Å². The van der Waals surface area contributed by atoms with Crippen LogP contribution in [0.25, 0.3) is 0 Å². The van der Waals surface area contributed by atoms with E-state index < -0.39 is 0 Å². The van der Waals surface area contributed by atoms with Crippen LogP contribution in [0.15, 0.2) is 4.47 Å². The molecule has 0 radical (unpaired) electrons. The monoisotopic (exact) mass is 299 g/mol. The normalized spacial score (nSPS) is 10.4. The van der Waals surface area contributed by atoms with Crippen LogP contribution in [0.2, 0.25) is 0 Å². The van der Waals surface area contributed by atoms with Gasteiger partial charge >= 0.3 is 0 Å². The molecule has 4 heteroatoms. The van der Waals surface area contributed by atoms with Crippen LogP contribution in [-0.4, -0.2) is 19.9 Å². The van der Waals surface area contributed by atoms with E-state index in [1.807, 2.05) is 6.92 Å². The van der Waals surface area contributed by atoms with Gasteiger partial charge in [0.05, 0.1) is 13.7 Å². The van der Waals surface area contributed by atoms with Crippen molar-refractivity contribution < 1.29 is 9.53 Å². The van der Waals surface area contributed by atoms with E-state index in [2.05, 4.69) is 35.1 Å². The average Bonchev–Trinajstić information content (AvgIpc) is 2.33. The average molecular weight is 300 g/mol. The standard InChI is InChI=1S/C13H18BrNO2/c1-8-9(2)13(17-4)11(7-15-5-6-16)10(3)12(8)14/h6,15H,5,7H2,1-4H3. The number of carbonyl (C=O) groups is 1. The first kappa shape index (κ1) is 14.2. The topological polar surface area (TPSA) is 38.3 Å². The molecule has 0 saturated carbocycles. The third kappa shape index (κ3) is 2.87. The Labute approximate surface area is 111 Å². The number of benzene rings is 1. The predicted octanol–water partition coefficient (Wildman–Crippen LogP) is 2.67. The van der Waals surface area contributed by atoms with Crippen LogP contribution in [0, 0.1) is 20.8 Å². The first-order valence-electron chi connectivity index (χ1n) is 5.51. The summed E-state index contributed by atoms with van der Waals surface area (Å²) in [5.41, 5.74) is 4.58. The molecule has 1 N–H and O–H groups in total. The lowest BCUT2D eigenvalue weighted by Crippen LogP contribution is -2.17. The highest BCUT2D eigenvalue weighted by Crippen LogP contribution is 2.35. The highest BCUT2D eigenvalue weighted by molar-refractivity contribution is 9.10. The molecule has 1 rings (SSSR count). The lowest BCUT2D eigenvalue weighted by atomic mass is 9.99. The molecule has 17 heavy (non-hydrogen) atoms. The maximum Gasteiger partial charge on any atom is 0.133 e. The van der Waals surface area contributed by atoms with Crippen molar-refractivity contribution in [1.29, 1.82) is 0 Å². The second-order valence-corrected chi connectivity index (χ2v) is 4.79. The molecule has 0 aromatic heterocycles. The number of methoxy groups -OCH3 is 1. The molecule has 0 aliphatic heterocycles. The van der Waals surface area contributed by atoms with Gasteiger partial charge in [-0.05, 0) is 37.5 Å². The van der Waals surface area contributed by atoms with Crippen molar-refractivity contribution in [2.24, 2.45) is 0 Å². The van der Waals surface area contributed by atoms with Crippen LogP contribution < -0.4 is 10.1 Å². The maximum absolute atomic E-state index is 10.3. The van der Waals surface area contributed by atoms with Crippen LogP contribution in [0.5, 0.6) is 5.75 Å². The Kier molecular flexibility index (Phi) is 5.15. The zero-order valence-corrected chi connectivity index (χ0v) is 12.3.